The third kappa shape index (κ3) is 3.59. The van der Waals surface area contributed by atoms with E-state index in [9.17, 15) is 15.0 Å². The van der Waals surface area contributed by atoms with Gasteiger partial charge in [-0.15, -0.1) is 10.2 Å². The highest BCUT2D eigenvalue weighted by molar-refractivity contribution is 5.76. The summed E-state index contributed by atoms with van der Waals surface area (Å²) in [5, 5.41) is 27.3. The first-order chi connectivity index (χ1) is 10.1. The van der Waals surface area contributed by atoms with Crippen LogP contribution in [-0.2, 0) is 11.3 Å². The van der Waals surface area contributed by atoms with Gasteiger partial charge in [0.15, 0.2) is 0 Å². The van der Waals surface area contributed by atoms with Crippen LogP contribution >= 0.6 is 0 Å². The van der Waals surface area contributed by atoms with Gasteiger partial charge in [0.2, 0.25) is 5.91 Å². The van der Waals surface area contributed by atoms with Crippen LogP contribution in [0.3, 0.4) is 0 Å². The second-order valence-corrected chi connectivity index (χ2v) is 5.84. The number of likely N-dealkylation sites (tertiary alicyclic amines) is 1. The topological polar surface area (TPSA) is 91.5 Å². The van der Waals surface area contributed by atoms with E-state index in [0.29, 0.717) is 32.5 Å². The number of piperidine rings is 1. The first-order valence-corrected chi connectivity index (χ1v) is 7.50. The number of nitrogens with zero attached hydrogens (tertiary/aromatic N) is 4. The van der Waals surface area contributed by atoms with Crippen molar-refractivity contribution in [1.29, 1.82) is 0 Å². The maximum absolute atomic E-state index is 12.3. The van der Waals surface area contributed by atoms with E-state index >= 15 is 0 Å². The molecular formula is C14H24N4O3. The zero-order valence-corrected chi connectivity index (χ0v) is 12.5. The highest BCUT2D eigenvalue weighted by atomic mass is 16.3. The molecule has 2 rings (SSSR count). The van der Waals surface area contributed by atoms with Crippen molar-refractivity contribution >= 4 is 5.91 Å². The number of carbonyl (C=O) groups excluding carboxylic acids is 1. The predicted molar refractivity (Wildman–Crippen MR) is 76.3 cm³/mol. The lowest BCUT2D eigenvalue weighted by molar-refractivity contribution is -0.142. The number of rotatable bonds is 6. The molecule has 1 amide bonds. The van der Waals surface area contributed by atoms with E-state index in [4.69, 9.17) is 0 Å². The molecule has 1 aliphatic rings. The molecule has 0 aromatic carbocycles. The molecule has 21 heavy (non-hydrogen) atoms. The van der Waals surface area contributed by atoms with Crippen LogP contribution in [0.15, 0.2) is 12.7 Å². The van der Waals surface area contributed by atoms with Gasteiger partial charge in [0.05, 0.1) is 12.7 Å². The monoisotopic (exact) mass is 296 g/mol. The molecule has 1 aliphatic heterocycles. The quantitative estimate of drug-likeness (QED) is 0.773. The molecule has 1 aromatic heterocycles. The van der Waals surface area contributed by atoms with Gasteiger partial charge in [0.25, 0.3) is 0 Å². The van der Waals surface area contributed by atoms with Crippen LogP contribution in [0.25, 0.3) is 0 Å². The molecule has 1 aromatic rings. The van der Waals surface area contributed by atoms with Crippen molar-refractivity contribution in [3.05, 3.63) is 12.7 Å². The van der Waals surface area contributed by atoms with E-state index in [2.05, 4.69) is 10.2 Å². The van der Waals surface area contributed by atoms with E-state index in [0.717, 1.165) is 12.8 Å². The number of hydrogen-bond donors (Lipinski definition) is 2. The minimum atomic E-state index is -0.570. The summed E-state index contributed by atoms with van der Waals surface area (Å²) in [7, 11) is 0. The highest BCUT2D eigenvalue weighted by Gasteiger charge is 2.42. The molecule has 7 heteroatoms. The minimum absolute atomic E-state index is 0.0459. The minimum Gasteiger partial charge on any atom is -0.396 e. The van der Waals surface area contributed by atoms with Gasteiger partial charge in [-0.2, -0.15) is 0 Å². The van der Waals surface area contributed by atoms with Crippen LogP contribution in [0.1, 0.15) is 32.6 Å². The van der Waals surface area contributed by atoms with E-state index < -0.39 is 11.5 Å². The fourth-order valence-electron chi connectivity index (χ4n) is 3.06. The van der Waals surface area contributed by atoms with Crippen LogP contribution < -0.4 is 0 Å². The fourth-order valence-corrected chi connectivity index (χ4v) is 3.06. The Balaban J connectivity index is 1.95. The number of aliphatic hydroxyl groups is 2. The molecule has 0 saturated carbocycles. The van der Waals surface area contributed by atoms with E-state index in [-0.39, 0.29) is 12.5 Å². The van der Waals surface area contributed by atoms with Crippen molar-refractivity contribution in [2.45, 2.75) is 45.3 Å². The van der Waals surface area contributed by atoms with Gasteiger partial charge in [-0.1, -0.05) is 13.3 Å². The molecule has 0 bridgehead atoms. The summed E-state index contributed by atoms with van der Waals surface area (Å²) >= 11 is 0. The molecule has 0 unspecified atom stereocenters. The first-order valence-electron chi connectivity index (χ1n) is 7.50. The van der Waals surface area contributed by atoms with Crippen molar-refractivity contribution in [2.75, 3.05) is 19.7 Å². The van der Waals surface area contributed by atoms with Crippen molar-refractivity contribution in [1.82, 2.24) is 19.7 Å². The summed E-state index contributed by atoms with van der Waals surface area (Å²) in [5.41, 5.74) is -0.570. The molecule has 2 heterocycles. The molecule has 7 nitrogen and oxygen atoms in total. The van der Waals surface area contributed by atoms with Gasteiger partial charge in [-0.05, 0) is 12.8 Å². The Labute approximate surface area is 124 Å². The molecule has 0 aliphatic carbocycles. The third-order valence-electron chi connectivity index (χ3n) is 4.35. The normalized spacial score (nSPS) is 26.0. The van der Waals surface area contributed by atoms with Gasteiger partial charge in [-0.3, -0.25) is 4.79 Å². The average molecular weight is 296 g/mol. The molecule has 0 radical (unpaired) electrons. The number of carbonyl (C=O) groups is 1. The van der Waals surface area contributed by atoms with Crippen LogP contribution in [0, 0.1) is 5.41 Å². The fraction of sp³-hybridized carbons (Fsp3) is 0.786. The van der Waals surface area contributed by atoms with Crippen LogP contribution in [-0.4, -0.2) is 61.6 Å². The molecule has 118 valence electrons. The average Bonchev–Trinajstić information content (AvgIpc) is 3.00. The number of amides is 1. The second-order valence-electron chi connectivity index (χ2n) is 5.84. The SMILES string of the molecule is CCC[C@@]1(CO)CN(C(=O)CCn2cnnc2)CC[C@H]1O. The third-order valence-corrected chi connectivity index (χ3v) is 4.35. The van der Waals surface area contributed by atoms with E-state index in [1.54, 1.807) is 22.1 Å². The Morgan fingerprint density at radius 1 is 1.43 bits per heavy atom. The Morgan fingerprint density at radius 3 is 2.76 bits per heavy atom. The van der Waals surface area contributed by atoms with Crippen molar-refractivity contribution < 1.29 is 15.0 Å². The summed E-state index contributed by atoms with van der Waals surface area (Å²) in [6.45, 7) is 3.46. The molecule has 0 spiro atoms. The molecule has 1 fully saturated rings. The lowest BCUT2D eigenvalue weighted by Gasteiger charge is -2.45. The van der Waals surface area contributed by atoms with Crippen molar-refractivity contribution in [3.63, 3.8) is 0 Å². The summed E-state index contributed by atoms with van der Waals surface area (Å²) in [6, 6.07) is 0. The lowest BCUT2D eigenvalue weighted by Crippen LogP contribution is -2.55. The Bertz CT molecular complexity index is 451. The van der Waals surface area contributed by atoms with E-state index in [1.165, 1.54) is 0 Å². The predicted octanol–water partition coefficient (Wildman–Crippen LogP) is 0.0402. The number of aryl methyl sites for hydroxylation is 1. The number of aromatic nitrogens is 3. The smallest absolute Gasteiger partial charge is 0.224 e. The maximum Gasteiger partial charge on any atom is 0.224 e. The summed E-state index contributed by atoms with van der Waals surface area (Å²) in [4.78, 5) is 14.1. The van der Waals surface area contributed by atoms with Gasteiger partial charge >= 0.3 is 0 Å². The first kappa shape index (κ1) is 15.9. The molecule has 2 N–H and O–H groups in total. The van der Waals surface area contributed by atoms with E-state index in [1.807, 2.05) is 6.92 Å². The van der Waals surface area contributed by atoms with Crippen LogP contribution in [0.4, 0.5) is 0 Å². The van der Waals surface area contributed by atoms with Crippen LogP contribution in [0.2, 0.25) is 0 Å². The highest BCUT2D eigenvalue weighted by Crippen LogP contribution is 2.34. The Hall–Kier alpha value is -1.47. The zero-order valence-electron chi connectivity index (χ0n) is 12.5. The Kier molecular flexibility index (Phi) is 5.30. The lowest BCUT2D eigenvalue weighted by atomic mass is 9.74. The number of aliphatic hydroxyl groups excluding tert-OH is 2. The maximum atomic E-state index is 12.3. The largest absolute Gasteiger partial charge is 0.396 e. The number of hydrogen-bond acceptors (Lipinski definition) is 5. The molecule has 1 saturated heterocycles. The molecular weight excluding hydrogens is 272 g/mol. The van der Waals surface area contributed by atoms with Gasteiger partial charge < -0.3 is 19.7 Å². The zero-order chi connectivity index (χ0) is 15.3. The summed E-state index contributed by atoms with van der Waals surface area (Å²) < 4.78 is 1.77. The molecule has 2 atom stereocenters. The second kappa shape index (κ2) is 7.00. The summed E-state index contributed by atoms with van der Waals surface area (Å²) in [6.07, 6.45) is 5.13. The van der Waals surface area contributed by atoms with Crippen molar-refractivity contribution in [2.24, 2.45) is 5.41 Å². The summed E-state index contributed by atoms with van der Waals surface area (Å²) in [5.74, 6) is 0.0459. The van der Waals surface area contributed by atoms with Gasteiger partial charge in [0, 0.05) is 31.5 Å². The Morgan fingerprint density at radius 2 is 2.14 bits per heavy atom. The van der Waals surface area contributed by atoms with Crippen molar-refractivity contribution in [3.8, 4) is 0 Å². The standard InChI is InChI=1S/C14H24N4O3/c1-2-5-14(9-19)8-18(7-3-12(14)20)13(21)4-6-17-10-15-16-11-17/h10-12,19-20H,2-9H2,1H3/t12-,14+/m1/s1. The van der Waals surface area contributed by atoms with Gasteiger partial charge in [0.1, 0.15) is 12.7 Å². The van der Waals surface area contributed by atoms with Gasteiger partial charge in [-0.25, -0.2) is 0 Å². The van der Waals surface area contributed by atoms with Crippen LogP contribution in [0.5, 0.6) is 0 Å².